The average molecular weight is 367 g/mol. The van der Waals surface area contributed by atoms with Gasteiger partial charge in [0.15, 0.2) is 0 Å². The van der Waals surface area contributed by atoms with Crippen LogP contribution in [-0.4, -0.2) is 43.4 Å². The highest BCUT2D eigenvalue weighted by molar-refractivity contribution is 7.11. The second-order valence-electron chi connectivity index (χ2n) is 6.61. The SMILES string of the molecule is Cc1ncsc1C(=O)N1CCC(c2nccn2Cc2cccnc2)CC1. The molecule has 0 N–H and O–H groups in total. The van der Waals surface area contributed by atoms with Crippen molar-refractivity contribution in [2.75, 3.05) is 13.1 Å². The van der Waals surface area contributed by atoms with Gasteiger partial charge in [0.1, 0.15) is 10.7 Å². The van der Waals surface area contributed by atoms with Crippen molar-refractivity contribution in [3.05, 3.63) is 64.4 Å². The summed E-state index contributed by atoms with van der Waals surface area (Å²) in [5.41, 5.74) is 3.74. The van der Waals surface area contributed by atoms with Gasteiger partial charge < -0.3 is 9.47 Å². The molecule has 3 aromatic heterocycles. The quantitative estimate of drug-likeness (QED) is 0.711. The van der Waals surface area contributed by atoms with Gasteiger partial charge in [-0.2, -0.15) is 0 Å². The predicted octanol–water partition coefficient (Wildman–Crippen LogP) is 3.11. The number of carbonyl (C=O) groups excluding carboxylic acids is 1. The summed E-state index contributed by atoms with van der Waals surface area (Å²) in [6.45, 7) is 4.20. The van der Waals surface area contributed by atoms with E-state index in [1.807, 2.05) is 36.5 Å². The largest absolute Gasteiger partial charge is 0.338 e. The molecule has 4 rings (SSSR count). The van der Waals surface area contributed by atoms with Crippen LogP contribution in [0.15, 0.2) is 42.4 Å². The van der Waals surface area contributed by atoms with E-state index in [1.54, 1.807) is 11.7 Å². The molecule has 26 heavy (non-hydrogen) atoms. The zero-order chi connectivity index (χ0) is 17.9. The Morgan fingerprint density at radius 2 is 2.12 bits per heavy atom. The molecule has 1 aliphatic rings. The molecule has 0 spiro atoms. The van der Waals surface area contributed by atoms with Crippen molar-refractivity contribution >= 4 is 17.2 Å². The molecule has 1 aliphatic heterocycles. The van der Waals surface area contributed by atoms with Crippen LogP contribution in [0.25, 0.3) is 0 Å². The van der Waals surface area contributed by atoms with Crippen molar-refractivity contribution in [1.29, 1.82) is 0 Å². The molecule has 0 radical (unpaired) electrons. The summed E-state index contributed by atoms with van der Waals surface area (Å²) in [4.78, 5) is 28.3. The second kappa shape index (κ2) is 7.37. The van der Waals surface area contributed by atoms with Crippen molar-refractivity contribution in [2.45, 2.75) is 32.2 Å². The van der Waals surface area contributed by atoms with Gasteiger partial charge in [-0.3, -0.25) is 9.78 Å². The first-order valence-corrected chi connectivity index (χ1v) is 9.69. The van der Waals surface area contributed by atoms with Crippen molar-refractivity contribution in [2.24, 2.45) is 0 Å². The fourth-order valence-corrected chi connectivity index (χ4v) is 4.26. The molecule has 0 atom stereocenters. The van der Waals surface area contributed by atoms with Crippen molar-refractivity contribution in [3.8, 4) is 0 Å². The van der Waals surface area contributed by atoms with E-state index in [0.717, 1.165) is 48.9 Å². The Bertz CT molecular complexity index is 880. The maximum atomic E-state index is 12.7. The Morgan fingerprint density at radius 1 is 1.27 bits per heavy atom. The molecule has 0 aliphatic carbocycles. The van der Waals surface area contributed by atoms with E-state index >= 15 is 0 Å². The van der Waals surface area contributed by atoms with Gasteiger partial charge in [-0.1, -0.05) is 6.07 Å². The number of hydrogen-bond acceptors (Lipinski definition) is 5. The van der Waals surface area contributed by atoms with Gasteiger partial charge >= 0.3 is 0 Å². The summed E-state index contributed by atoms with van der Waals surface area (Å²) in [7, 11) is 0. The predicted molar refractivity (Wildman–Crippen MR) is 100 cm³/mol. The number of likely N-dealkylation sites (tertiary alicyclic amines) is 1. The molecule has 6 nitrogen and oxygen atoms in total. The normalized spacial score (nSPS) is 15.3. The third-order valence-electron chi connectivity index (χ3n) is 4.91. The minimum atomic E-state index is 0.113. The fraction of sp³-hybridized carbons (Fsp3) is 0.368. The van der Waals surface area contributed by atoms with Crippen molar-refractivity contribution in [3.63, 3.8) is 0 Å². The van der Waals surface area contributed by atoms with Crippen LogP contribution in [0.3, 0.4) is 0 Å². The molecule has 1 amide bonds. The number of rotatable bonds is 4. The maximum Gasteiger partial charge on any atom is 0.265 e. The van der Waals surface area contributed by atoms with Crippen LogP contribution >= 0.6 is 11.3 Å². The topological polar surface area (TPSA) is 63.9 Å². The molecule has 0 saturated carbocycles. The van der Waals surface area contributed by atoms with E-state index in [1.165, 1.54) is 16.9 Å². The highest BCUT2D eigenvalue weighted by Gasteiger charge is 2.28. The van der Waals surface area contributed by atoms with Crippen molar-refractivity contribution in [1.82, 2.24) is 24.4 Å². The lowest BCUT2D eigenvalue weighted by Crippen LogP contribution is -2.38. The van der Waals surface area contributed by atoms with Crippen LogP contribution in [0.1, 0.15) is 45.5 Å². The molecule has 1 fully saturated rings. The number of nitrogens with zero attached hydrogens (tertiary/aromatic N) is 5. The van der Waals surface area contributed by atoms with E-state index in [-0.39, 0.29) is 5.91 Å². The first-order chi connectivity index (χ1) is 12.7. The Morgan fingerprint density at radius 3 is 2.81 bits per heavy atom. The molecular weight excluding hydrogens is 346 g/mol. The third-order valence-corrected chi connectivity index (χ3v) is 5.83. The number of aryl methyl sites for hydroxylation is 1. The summed E-state index contributed by atoms with van der Waals surface area (Å²) in [6, 6.07) is 4.03. The summed E-state index contributed by atoms with van der Waals surface area (Å²) in [6.07, 6.45) is 9.45. The number of carbonyl (C=O) groups is 1. The average Bonchev–Trinajstić information content (AvgIpc) is 3.31. The van der Waals surface area contributed by atoms with E-state index in [9.17, 15) is 4.79 Å². The zero-order valence-electron chi connectivity index (χ0n) is 14.7. The minimum absolute atomic E-state index is 0.113. The van der Waals surface area contributed by atoms with E-state index in [4.69, 9.17) is 0 Å². The van der Waals surface area contributed by atoms with E-state index in [0.29, 0.717) is 5.92 Å². The Hall–Kier alpha value is -2.54. The number of piperidine rings is 1. The number of imidazole rings is 1. The molecule has 0 unspecified atom stereocenters. The van der Waals surface area contributed by atoms with E-state index in [2.05, 4.69) is 25.6 Å². The number of hydrogen-bond donors (Lipinski definition) is 0. The number of thiazole rings is 1. The minimum Gasteiger partial charge on any atom is -0.338 e. The highest BCUT2D eigenvalue weighted by Crippen LogP contribution is 2.28. The van der Waals surface area contributed by atoms with Crippen LogP contribution in [0.4, 0.5) is 0 Å². The smallest absolute Gasteiger partial charge is 0.265 e. The molecule has 4 heterocycles. The van der Waals surface area contributed by atoms with Gasteiger partial charge in [0.2, 0.25) is 0 Å². The van der Waals surface area contributed by atoms with Crippen LogP contribution in [0, 0.1) is 6.92 Å². The lowest BCUT2D eigenvalue weighted by atomic mass is 9.95. The Balaban J connectivity index is 1.42. The van der Waals surface area contributed by atoms with Crippen LogP contribution in [0.5, 0.6) is 0 Å². The number of amides is 1. The van der Waals surface area contributed by atoms with Gasteiger partial charge in [-0.15, -0.1) is 11.3 Å². The first kappa shape index (κ1) is 16.9. The summed E-state index contributed by atoms with van der Waals surface area (Å²) < 4.78 is 2.20. The Labute approximate surface area is 156 Å². The molecule has 7 heteroatoms. The van der Waals surface area contributed by atoms with Crippen LogP contribution in [0.2, 0.25) is 0 Å². The van der Waals surface area contributed by atoms with Crippen molar-refractivity contribution < 1.29 is 4.79 Å². The first-order valence-electron chi connectivity index (χ1n) is 8.81. The fourth-order valence-electron chi connectivity index (χ4n) is 3.49. The number of pyridine rings is 1. The molecule has 0 bridgehead atoms. The van der Waals surface area contributed by atoms with Crippen LogP contribution < -0.4 is 0 Å². The van der Waals surface area contributed by atoms with Gasteiger partial charge in [0.25, 0.3) is 5.91 Å². The third kappa shape index (κ3) is 3.39. The van der Waals surface area contributed by atoms with Gasteiger partial charge in [-0.25, -0.2) is 9.97 Å². The van der Waals surface area contributed by atoms with Gasteiger partial charge in [0, 0.05) is 43.8 Å². The Kier molecular flexibility index (Phi) is 4.79. The number of aromatic nitrogens is 4. The molecule has 3 aromatic rings. The van der Waals surface area contributed by atoms with E-state index < -0.39 is 0 Å². The maximum absolute atomic E-state index is 12.7. The summed E-state index contributed by atoms with van der Waals surface area (Å²) >= 11 is 1.43. The van der Waals surface area contributed by atoms with Crippen LogP contribution in [-0.2, 0) is 6.54 Å². The lowest BCUT2D eigenvalue weighted by Gasteiger charge is -2.31. The second-order valence-corrected chi connectivity index (χ2v) is 7.46. The molecular formula is C19H21N5OS. The standard InChI is InChI=1S/C19H21N5OS/c1-14-17(26-13-22-14)19(25)23-8-4-16(5-9-23)18-21-7-10-24(18)12-15-3-2-6-20-11-15/h2-3,6-7,10-11,13,16H,4-5,8-9,12H2,1H3. The molecule has 134 valence electrons. The van der Waals surface area contributed by atoms with Gasteiger partial charge in [-0.05, 0) is 31.4 Å². The molecule has 1 saturated heterocycles. The van der Waals surface area contributed by atoms with Gasteiger partial charge in [0.05, 0.1) is 17.7 Å². The highest BCUT2D eigenvalue weighted by atomic mass is 32.1. The lowest BCUT2D eigenvalue weighted by molar-refractivity contribution is 0.0714. The monoisotopic (exact) mass is 367 g/mol. The zero-order valence-corrected chi connectivity index (χ0v) is 15.5. The summed E-state index contributed by atoms with van der Waals surface area (Å²) in [5, 5.41) is 0. The molecule has 0 aromatic carbocycles. The summed E-state index contributed by atoms with van der Waals surface area (Å²) in [5.74, 6) is 1.60.